The largest absolute Gasteiger partial charge is 0.457 e. The Labute approximate surface area is 338 Å². The lowest BCUT2D eigenvalue weighted by Crippen LogP contribution is -2.01. The van der Waals surface area contributed by atoms with Crippen LogP contribution >= 0.6 is 0 Å². The number of para-hydroxylation sites is 4. The van der Waals surface area contributed by atoms with E-state index in [1.165, 1.54) is 0 Å². The van der Waals surface area contributed by atoms with Gasteiger partial charge in [-0.1, -0.05) is 72.8 Å². The van der Waals surface area contributed by atoms with Crippen molar-refractivity contribution in [3.63, 3.8) is 0 Å². The summed E-state index contributed by atoms with van der Waals surface area (Å²) >= 11 is 0. The third-order valence-electron chi connectivity index (χ3n) is 8.45. The summed E-state index contributed by atoms with van der Waals surface area (Å²) in [5.74, 6) is 5.05. The van der Waals surface area contributed by atoms with Crippen molar-refractivity contribution in [3.8, 4) is 46.0 Å². The Morgan fingerprint density at radius 2 is 0.362 bits per heavy atom. The minimum atomic E-state index is -3.63. The number of sulfone groups is 2. The zero-order valence-electron chi connectivity index (χ0n) is 30.9. The van der Waals surface area contributed by atoms with Crippen LogP contribution in [0.15, 0.2) is 238 Å². The van der Waals surface area contributed by atoms with Crippen molar-refractivity contribution in [2.45, 2.75) is 19.6 Å². The predicted octanol–water partition coefficient (Wildman–Crippen LogP) is 12.2. The standard InChI is InChI=1S/2C24H18O4S/c2*25-29(26,23-15-11-21(12-16-23)27-19-7-3-1-4-8-19)24-17-13-22(14-18-24)28-20-9-5-2-6-10-20/h2*1-18H. The number of hydrogen-bond donors (Lipinski definition) is 0. The van der Waals surface area contributed by atoms with Crippen LogP contribution in [0.4, 0.5) is 0 Å². The van der Waals surface area contributed by atoms with Crippen molar-refractivity contribution in [2.24, 2.45) is 0 Å². The molecule has 0 aromatic heterocycles. The quantitative estimate of drug-likeness (QED) is 0.120. The summed E-state index contributed by atoms with van der Waals surface area (Å²) in [4.78, 5) is 0.813. The number of rotatable bonds is 12. The zero-order valence-corrected chi connectivity index (χ0v) is 32.5. The van der Waals surface area contributed by atoms with E-state index in [1.54, 1.807) is 97.1 Å². The lowest BCUT2D eigenvalue weighted by Gasteiger charge is -2.09. The second kappa shape index (κ2) is 18.2. The molecule has 0 unspecified atom stereocenters. The van der Waals surface area contributed by atoms with Gasteiger partial charge < -0.3 is 18.9 Å². The van der Waals surface area contributed by atoms with E-state index >= 15 is 0 Å². The maximum atomic E-state index is 12.9. The first-order valence-electron chi connectivity index (χ1n) is 18.0. The fourth-order valence-electron chi connectivity index (χ4n) is 5.52. The summed E-state index contributed by atoms with van der Waals surface area (Å²) in [5, 5.41) is 0. The molecular formula is C48H36O8S2. The first-order valence-corrected chi connectivity index (χ1v) is 21.0. The van der Waals surface area contributed by atoms with Gasteiger partial charge in [0.2, 0.25) is 19.7 Å². The molecule has 8 aromatic rings. The fraction of sp³-hybridized carbons (Fsp3) is 0. The topological polar surface area (TPSA) is 105 Å². The van der Waals surface area contributed by atoms with Gasteiger partial charge in [-0.15, -0.1) is 0 Å². The molecule has 0 bridgehead atoms. The van der Waals surface area contributed by atoms with Crippen LogP contribution in [-0.4, -0.2) is 16.8 Å². The molecule has 0 radical (unpaired) electrons. The molecule has 0 aliphatic rings. The third-order valence-corrected chi connectivity index (χ3v) is 12.0. The molecule has 10 heteroatoms. The molecule has 0 amide bonds. The van der Waals surface area contributed by atoms with Crippen molar-refractivity contribution in [1.82, 2.24) is 0 Å². The Bertz CT molecular complexity index is 2350. The highest BCUT2D eigenvalue weighted by Gasteiger charge is 2.19. The summed E-state index contributed by atoms with van der Waals surface area (Å²) in [6.45, 7) is 0. The number of ether oxygens (including phenoxy) is 4. The van der Waals surface area contributed by atoms with Crippen LogP contribution in [0.5, 0.6) is 46.0 Å². The molecule has 0 N–H and O–H groups in total. The Morgan fingerprint density at radius 3 is 0.534 bits per heavy atom. The van der Waals surface area contributed by atoms with Crippen molar-refractivity contribution in [1.29, 1.82) is 0 Å². The van der Waals surface area contributed by atoms with Gasteiger partial charge in [-0.2, -0.15) is 0 Å². The van der Waals surface area contributed by atoms with Gasteiger partial charge in [0.15, 0.2) is 0 Å². The van der Waals surface area contributed by atoms with Crippen molar-refractivity contribution >= 4 is 19.7 Å². The summed E-state index contributed by atoms with van der Waals surface area (Å²) in [7, 11) is -7.26. The van der Waals surface area contributed by atoms with Crippen LogP contribution in [0.3, 0.4) is 0 Å². The highest BCUT2D eigenvalue weighted by molar-refractivity contribution is 7.91. The SMILES string of the molecule is O=S(=O)(c1ccc(Oc2ccccc2)cc1)c1ccc(Oc2ccccc2)cc1.O=S(=O)(c1ccc(Oc2ccccc2)cc1)c1ccc(Oc2ccccc2)cc1. The molecule has 0 saturated carbocycles. The van der Waals surface area contributed by atoms with Gasteiger partial charge in [0.05, 0.1) is 19.6 Å². The Morgan fingerprint density at radius 1 is 0.207 bits per heavy atom. The van der Waals surface area contributed by atoms with Crippen molar-refractivity contribution in [2.75, 3.05) is 0 Å². The molecule has 8 aromatic carbocycles. The van der Waals surface area contributed by atoms with Gasteiger partial charge in [0.25, 0.3) is 0 Å². The van der Waals surface area contributed by atoms with Gasteiger partial charge >= 0.3 is 0 Å². The van der Waals surface area contributed by atoms with Gasteiger partial charge in [-0.3, -0.25) is 0 Å². The van der Waals surface area contributed by atoms with E-state index in [-0.39, 0.29) is 19.6 Å². The molecule has 0 spiro atoms. The average Bonchev–Trinajstić information content (AvgIpc) is 3.26. The van der Waals surface area contributed by atoms with Crippen molar-refractivity contribution in [3.05, 3.63) is 218 Å². The maximum Gasteiger partial charge on any atom is 0.206 e. The Kier molecular flexibility index (Phi) is 12.3. The first kappa shape index (κ1) is 39.1. The molecule has 0 atom stereocenters. The smallest absolute Gasteiger partial charge is 0.206 e. The predicted molar refractivity (Wildman–Crippen MR) is 223 cm³/mol. The molecular weight excluding hydrogens is 769 g/mol. The Balaban J connectivity index is 0.000000177. The molecule has 8 rings (SSSR count). The lowest BCUT2D eigenvalue weighted by atomic mass is 10.3. The fourth-order valence-corrected chi connectivity index (χ4v) is 8.04. The van der Waals surface area contributed by atoms with E-state index < -0.39 is 19.7 Å². The van der Waals surface area contributed by atoms with E-state index in [9.17, 15) is 16.8 Å². The molecule has 0 heterocycles. The molecule has 58 heavy (non-hydrogen) atoms. The van der Waals surface area contributed by atoms with Crippen molar-refractivity contribution < 1.29 is 35.8 Å². The van der Waals surface area contributed by atoms with E-state index in [0.29, 0.717) is 46.0 Å². The zero-order chi connectivity index (χ0) is 40.2. The summed E-state index contributed by atoms with van der Waals surface area (Å²) in [6.07, 6.45) is 0. The van der Waals surface area contributed by atoms with E-state index in [0.717, 1.165) is 0 Å². The second-order valence-corrected chi connectivity index (χ2v) is 16.5. The molecule has 288 valence electrons. The van der Waals surface area contributed by atoms with Crippen LogP contribution in [0.25, 0.3) is 0 Å². The summed E-state index contributed by atoms with van der Waals surface area (Å²) in [6, 6.07) is 62.8. The van der Waals surface area contributed by atoms with Crippen LogP contribution in [0.1, 0.15) is 0 Å². The van der Waals surface area contributed by atoms with Gasteiger partial charge in [0.1, 0.15) is 46.0 Å². The normalized spacial score (nSPS) is 11.0. The molecule has 0 aliphatic heterocycles. The molecule has 0 saturated heterocycles. The first-order chi connectivity index (χ1) is 28.2. The van der Waals surface area contributed by atoms with Gasteiger partial charge in [-0.05, 0) is 146 Å². The lowest BCUT2D eigenvalue weighted by molar-refractivity contribution is 0.481. The van der Waals surface area contributed by atoms with Gasteiger partial charge in [-0.25, -0.2) is 16.8 Å². The average molecular weight is 805 g/mol. The van der Waals surface area contributed by atoms with E-state index in [2.05, 4.69) is 0 Å². The second-order valence-electron chi connectivity index (χ2n) is 12.6. The van der Waals surface area contributed by atoms with Crippen LogP contribution in [0.2, 0.25) is 0 Å². The number of benzene rings is 8. The van der Waals surface area contributed by atoms with Crippen LogP contribution in [-0.2, 0) is 19.7 Å². The van der Waals surface area contributed by atoms with E-state index in [1.807, 2.05) is 121 Å². The van der Waals surface area contributed by atoms with Gasteiger partial charge in [0, 0.05) is 0 Å². The maximum absolute atomic E-state index is 12.9. The molecule has 0 aliphatic carbocycles. The minimum Gasteiger partial charge on any atom is -0.457 e. The van der Waals surface area contributed by atoms with Crippen LogP contribution < -0.4 is 18.9 Å². The van der Waals surface area contributed by atoms with E-state index in [4.69, 9.17) is 18.9 Å². The summed E-state index contributed by atoms with van der Waals surface area (Å²) < 4.78 is 74.4. The third kappa shape index (κ3) is 10.2. The monoisotopic (exact) mass is 804 g/mol. The van der Waals surface area contributed by atoms with Crippen LogP contribution in [0, 0.1) is 0 Å². The number of hydrogen-bond acceptors (Lipinski definition) is 8. The highest BCUT2D eigenvalue weighted by atomic mass is 32.2. The Hall–Kier alpha value is -7.14. The summed E-state index contributed by atoms with van der Waals surface area (Å²) in [5.41, 5.74) is 0. The minimum absolute atomic E-state index is 0.203. The molecule has 8 nitrogen and oxygen atoms in total. The molecule has 0 fully saturated rings. The highest BCUT2D eigenvalue weighted by Crippen LogP contribution is 2.30.